The van der Waals surface area contributed by atoms with Crippen molar-refractivity contribution < 1.29 is 0 Å². The number of rotatable bonds is 3. The Bertz CT molecular complexity index is 397. The highest BCUT2D eigenvalue weighted by Crippen LogP contribution is 2.35. The van der Waals surface area contributed by atoms with Crippen molar-refractivity contribution in [2.24, 2.45) is 5.92 Å². The minimum Gasteiger partial charge on any atom is -0.357 e. The first-order valence-corrected chi connectivity index (χ1v) is 7.02. The van der Waals surface area contributed by atoms with Crippen LogP contribution in [0.3, 0.4) is 0 Å². The van der Waals surface area contributed by atoms with Gasteiger partial charge in [-0.15, -0.1) is 0 Å². The Balaban J connectivity index is 1.98. The first kappa shape index (κ1) is 13.3. The minimum absolute atomic E-state index is 0.173. The second kappa shape index (κ2) is 5.65. The number of hydrogen-bond acceptors (Lipinski definition) is 2. The summed E-state index contributed by atoms with van der Waals surface area (Å²) in [5.74, 6) is 0.591. The highest BCUT2D eigenvalue weighted by Gasteiger charge is 2.37. The molecule has 1 fully saturated rings. The summed E-state index contributed by atoms with van der Waals surface area (Å²) in [5, 5.41) is 7.45. The Morgan fingerprint density at radius 1 is 1.39 bits per heavy atom. The lowest BCUT2D eigenvalue weighted by molar-refractivity contribution is 0.283. The van der Waals surface area contributed by atoms with E-state index in [2.05, 4.69) is 29.5 Å². The van der Waals surface area contributed by atoms with Gasteiger partial charge in [-0.05, 0) is 43.1 Å². The van der Waals surface area contributed by atoms with E-state index in [4.69, 9.17) is 12.2 Å². The predicted octanol–water partition coefficient (Wildman–Crippen LogP) is 3.34. The van der Waals surface area contributed by atoms with Gasteiger partial charge in [0.1, 0.15) is 0 Å². The Morgan fingerprint density at radius 3 is 2.67 bits per heavy atom. The fourth-order valence-electron chi connectivity index (χ4n) is 2.68. The van der Waals surface area contributed by atoms with Crippen molar-refractivity contribution in [3.63, 3.8) is 0 Å². The molecule has 1 aliphatic rings. The molecule has 0 atom stereocenters. The Kier molecular flexibility index (Phi) is 4.17. The molecule has 0 unspecified atom stereocenters. The maximum Gasteiger partial charge on any atom is 0.171 e. The van der Waals surface area contributed by atoms with Crippen LogP contribution in [0.2, 0.25) is 0 Å². The van der Waals surface area contributed by atoms with E-state index < -0.39 is 0 Å². The molecule has 1 aromatic rings. The summed E-state index contributed by atoms with van der Waals surface area (Å²) < 4.78 is 0. The number of nitrogens with zero attached hydrogens (tertiary/aromatic N) is 1. The van der Waals surface area contributed by atoms with Gasteiger partial charge in [0.25, 0.3) is 0 Å². The van der Waals surface area contributed by atoms with Gasteiger partial charge in [0.15, 0.2) is 5.11 Å². The van der Waals surface area contributed by atoms with Crippen LogP contribution in [0, 0.1) is 5.92 Å². The van der Waals surface area contributed by atoms with Gasteiger partial charge >= 0.3 is 0 Å². The fraction of sp³-hybridized carbons (Fsp3) is 0.571. The third-order valence-electron chi connectivity index (χ3n) is 3.88. The molecule has 18 heavy (non-hydrogen) atoms. The molecule has 0 spiro atoms. The number of thiocarbonyl (C=S) groups is 1. The average Bonchev–Trinajstić information content (AvgIpc) is 2.80. The number of hydrogen-bond donors (Lipinski definition) is 2. The third kappa shape index (κ3) is 2.99. The van der Waals surface area contributed by atoms with Gasteiger partial charge in [0.05, 0.1) is 11.9 Å². The molecule has 1 aliphatic carbocycles. The fourth-order valence-corrected chi connectivity index (χ4v) is 3.00. The molecule has 4 heteroatoms. The van der Waals surface area contributed by atoms with Crippen molar-refractivity contribution in [3.8, 4) is 0 Å². The molecule has 0 amide bonds. The largest absolute Gasteiger partial charge is 0.357 e. The van der Waals surface area contributed by atoms with Crippen LogP contribution in [0.25, 0.3) is 0 Å². The van der Waals surface area contributed by atoms with E-state index >= 15 is 0 Å². The molecule has 0 bridgehead atoms. The molecule has 0 aromatic carbocycles. The van der Waals surface area contributed by atoms with Crippen molar-refractivity contribution in [1.29, 1.82) is 0 Å². The van der Waals surface area contributed by atoms with E-state index in [0.717, 1.165) is 5.69 Å². The second-order valence-corrected chi connectivity index (χ2v) is 5.75. The van der Waals surface area contributed by atoms with Crippen molar-refractivity contribution in [2.75, 3.05) is 5.32 Å². The molecule has 3 nitrogen and oxygen atoms in total. The van der Waals surface area contributed by atoms with E-state index in [0.29, 0.717) is 11.0 Å². The smallest absolute Gasteiger partial charge is 0.171 e. The van der Waals surface area contributed by atoms with Crippen LogP contribution in [0.1, 0.15) is 39.5 Å². The van der Waals surface area contributed by atoms with Crippen LogP contribution in [-0.4, -0.2) is 15.6 Å². The monoisotopic (exact) mass is 263 g/mol. The van der Waals surface area contributed by atoms with Gasteiger partial charge in [-0.25, -0.2) is 0 Å². The van der Waals surface area contributed by atoms with Crippen LogP contribution in [0.4, 0.5) is 5.69 Å². The highest BCUT2D eigenvalue weighted by molar-refractivity contribution is 7.80. The molecule has 1 heterocycles. The number of anilines is 1. The standard InChI is InChI=1S/C14H21N3S/c1-11(2)14(7-3-4-8-14)17-13(18)16-12-6-5-9-15-10-12/h5-6,9-11H,3-4,7-8H2,1-2H3,(H2,16,17,18). The number of aromatic nitrogens is 1. The van der Waals surface area contributed by atoms with Gasteiger partial charge in [-0.3, -0.25) is 4.98 Å². The van der Waals surface area contributed by atoms with Crippen molar-refractivity contribution >= 4 is 23.0 Å². The Hall–Kier alpha value is -1.16. The molecule has 0 saturated heterocycles. The van der Waals surface area contributed by atoms with E-state index in [1.807, 2.05) is 12.1 Å². The van der Waals surface area contributed by atoms with Crippen LogP contribution in [0.15, 0.2) is 24.5 Å². The summed E-state index contributed by atoms with van der Waals surface area (Å²) >= 11 is 5.41. The van der Waals surface area contributed by atoms with E-state index in [1.165, 1.54) is 25.7 Å². The quantitative estimate of drug-likeness (QED) is 0.820. The van der Waals surface area contributed by atoms with Gasteiger partial charge in [-0.1, -0.05) is 26.7 Å². The van der Waals surface area contributed by atoms with Gasteiger partial charge in [0.2, 0.25) is 0 Å². The lowest BCUT2D eigenvalue weighted by atomic mass is 9.85. The van der Waals surface area contributed by atoms with Crippen molar-refractivity contribution in [1.82, 2.24) is 10.3 Å². The highest BCUT2D eigenvalue weighted by atomic mass is 32.1. The molecule has 1 aromatic heterocycles. The molecule has 2 N–H and O–H groups in total. The SMILES string of the molecule is CC(C)C1(NC(=S)Nc2cccnc2)CCCC1. The van der Waals surface area contributed by atoms with Crippen LogP contribution in [0.5, 0.6) is 0 Å². The maximum absolute atomic E-state index is 5.41. The summed E-state index contributed by atoms with van der Waals surface area (Å²) in [7, 11) is 0. The normalized spacial score (nSPS) is 17.7. The van der Waals surface area contributed by atoms with E-state index in [9.17, 15) is 0 Å². The molecule has 1 saturated carbocycles. The molecule has 0 radical (unpaired) electrons. The van der Waals surface area contributed by atoms with Crippen LogP contribution in [-0.2, 0) is 0 Å². The number of nitrogens with one attached hydrogen (secondary N) is 2. The van der Waals surface area contributed by atoms with E-state index in [-0.39, 0.29) is 5.54 Å². The maximum atomic E-state index is 5.41. The summed E-state index contributed by atoms with van der Waals surface area (Å²) in [5.41, 5.74) is 1.11. The molecule has 2 rings (SSSR count). The van der Waals surface area contributed by atoms with Crippen molar-refractivity contribution in [2.45, 2.75) is 45.1 Å². The Labute approximate surface area is 114 Å². The lowest BCUT2D eigenvalue weighted by Crippen LogP contribution is -2.51. The summed E-state index contributed by atoms with van der Waals surface area (Å²) in [4.78, 5) is 4.07. The summed E-state index contributed by atoms with van der Waals surface area (Å²) in [6.45, 7) is 4.54. The van der Waals surface area contributed by atoms with Gasteiger partial charge < -0.3 is 10.6 Å². The zero-order valence-corrected chi connectivity index (χ0v) is 11.9. The number of pyridine rings is 1. The molecular formula is C14H21N3S. The van der Waals surface area contributed by atoms with E-state index in [1.54, 1.807) is 12.4 Å². The summed E-state index contributed by atoms with van der Waals surface area (Å²) in [6, 6.07) is 3.87. The van der Waals surface area contributed by atoms with Gasteiger partial charge in [-0.2, -0.15) is 0 Å². The van der Waals surface area contributed by atoms with Crippen molar-refractivity contribution in [3.05, 3.63) is 24.5 Å². The lowest BCUT2D eigenvalue weighted by Gasteiger charge is -2.35. The second-order valence-electron chi connectivity index (χ2n) is 5.34. The summed E-state index contributed by atoms with van der Waals surface area (Å²) in [6.07, 6.45) is 8.54. The topological polar surface area (TPSA) is 37.0 Å². The van der Waals surface area contributed by atoms with Crippen LogP contribution < -0.4 is 10.6 Å². The first-order valence-electron chi connectivity index (χ1n) is 6.62. The zero-order chi connectivity index (χ0) is 13.0. The molecular weight excluding hydrogens is 242 g/mol. The van der Waals surface area contributed by atoms with Crippen LogP contribution >= 0.6 is 12.2 Å². The Morgan fingerprint density at radius 2 is 2.11 bits per heavy atom. The average molecular weight is 263 g/mol. The predicted molar refractivity (Wildman–Crippen MR) is 79.6 cm³/mol. The third-order valence-corrected chi connectivity index (χ3v) is 4.09. The zero-order valence-electron chi connectivity index (χ0n) is 11.1. The molecule has 0 aliphatic heterocycles. The van der Waals surface area contributed by atoms with Gasteiger partial charge in [0, 0.05) is 11.7 Å². The molecule has 98 valence electrons. The first-order chi connectivity index (χ1) is 8.62. The minimum atomic E-state index is 0.173.